The first-order chi connectivity index (χ1) is 10.1. The fraction of sp³-hybridized carbons (Fsp3) is 0.438. The smallest absolute Gasteiger partial charge is 0.124 e. The summed E-state index contributed by atoms with van der Waals surface area (Å²) in [5, 5.41) is 4.22. The molecule has 3 nitrogen and oxygen atoms in total. The summed E-state index contributed by atoms with van der Waals surface area (Å²) in [6.07, 6.45) is 1.09. The Labute approximate surface area is 129 Å². The van der Waals surface area contributed by atoms with Gasteiger partial charge in [-0.2, -0.15) is 0 Å². The standard InChI is InChI=1S/C16H21FN2OS/c1-4-5-18-9-15-14(10-20-3)19-16(21-15)12-6-11(2)7-13(17)8-12/h6-8,18H,4-5,9-10H2,1-3H3. The molecule has 1 aromatic heterocycles. The summed E-state index contributed by atoms with van der Waals surface area (Å²) >= 11 is 1.60. The lowest BCUT2D eigenvalue weighted by molar-refractivity contribution is 0.181. The van der Waals surface area contributed by atoms with Gasteiger partial charge in [0.25, 0.3) is 0 Å². The van der Waals surface area contributed by atoms with Crippen LogP contribution < -0.4 is 5.32 Å². The Morgan fingerprint density at radius 1 is 1.33 bits per heavy atom. The Kier molecular flexibility index (Phi) is 5.85. The molecule has 0 spiro atoms. The lowest BCUT2D eigenvalue weighted by Gasteiger charge is -2.02. The monoisotopic (exact) mass is 308 g/mol. The minimum absolute atomic E-state index is 0.223. The van der Waals surface area contributed by atoms with Crippen LogP contribution in [0, 0.1) is 12.7 Å². The summed E-state index contributed by atoms with van der Waals surface area (Å²) in [7, 11) is 1.66. The second kappa shape index (κ2) is 7.64. The average Bonchev–Trinajstić information content (AvgIpc) is 2.82. The number of aryl methyl sites for hydroxylation is 1. The van der Waals surface area contributed by atoms with Crippen molar-refractivity contribution in [3.05, 3.63) is 40.2 Å². The maximum Gasteiger partial charge on any atom is 0.124 e. The van der Waals surface area contributed by atoms with Crippen LogP contribution in [0.3, 0.4) is 0 Å². The molecule has 5 heteroatoms. The van der Waals surface area contributed by atoms with Crippen LogP contribution in [0.1, 0.15) is 29.5 Å². The second-order valence-electron chi connectivity index (χ2n) is 5.02. The number of hydrogen-bond donors (Lipinski definition) is 1. The number of aromatic nitrogens is 1. The van der Waals surface area contributed by atoms with Crippen molar-refractivity contribution in [2.45, 2.75) is 33.4 Å². The van der Waals surface area contributed by atoms with E-state index in [1.54, 1.807) is 18.4 Å². The largest absolute Gasteiger partial charge is 0.378 e. The van der Waals surface area contributed by atoms with Crippen LogP contribution >= 0.6 is 11.3 Å². The van der Waals surface area contributed by atoms with Gasteiger partial charge in [0.15, 0.2) is 0 Å². The zero-order valence-electron chi connectivity index (χ0n) is 12.7. The third kappa shape index (κ3) is 4.33. The molecule has 0 atom stereocenters. The molecule has 1 heterocycles. The van der Waals surface area contributed by atoms with E-state index in [0.717, 1.165) is 46.2 Å². The molecule has 0 unspecified atom stereocenters. The summed E-state index contributed by atoms with van der Waals surface area (Å²) < 4.78 is 18.8. The number of ether oxygens (including phenoxy) is 1. The van der Waals surface area contributed by atoms with E-state index in [1.165, 1.54) is 12.1 Å². The van der Waals surface area contributed by atoms with Crippen molar-refractivity contribution in [1.29, 1.82) is 0 Å². The number of rotatable bonds is 7. The van der Waals surface area contributed by atoms with Crippen LogP contribution in [0.15, 0.2) is 18.2 Å². The first-order valence-electron chi connectivity index (χ1n) is 7.09. The van der Waals surface area contributed by atoms with Gasteiger partial charge in [-0.3, -0.25) is 0 Å². The van der Waals surface area contributed by atoms with Crippen LogP contribution in [-0.2, 0) is 17.9 Å². The molecular formula is C16H21FN2OS. The van der Waals surface area contributed by atoms with Crippen LogP contribution in [0.25, 0.3) is 10.6 Å². The first kappa shape index (κ1) is 16.1. The molecule has 21 heavy (non-hydrogen) atoms. The quantitative estimate of drug-likeness (QED) is 0.788. The molecule has 1 aromatic carbocycles. The third-order valence-electron chi connectivity index (χ3n) is 3.06. The molecule has 0 radical (unpaired) electrons. The molecule has 0 fully saturated rings. The lowest BCUT2D eigenvalue weighted by Crippen LogP contribution is -2.14. The number of thiazole rings is 1. The molecule has 0 aliphatic rings. The van der Waals surface area contributed by atoms with E-state index in [4.69, 9.17) is 4.74 Å². The highest BCUT2D eigenvalue weighted by Crippen LogP contribution is 2.29. The molecule has 114 valence electrons. The van der Waals surface area contributed by atoms with Crippen molar-refractivity contribution < 1.29 is 9.13 Å². The van der Waals surface area contributed by atoms with Gasteiger partial charge in [-0.15, -0.1) is 11.3 Å². The van der Waals surface area contributed by atoms with Crippen LogP contribution in [0.2, 0.25) is 0 Å². The molecule has 0 saturated heterocycles. The van der Waals surface area contributed by atoms with Gasteiger partial charge in [0, 0.05) is 24.1 Å². The Bertz CT molecular complexity index is 578. The van der Waals surface area contributed by atoms with Crippen LogP contribution in [-0.4, -0.2) is 18.6 Å². The molecule has 0 amide bonds. The molecule has 0 bridgehead atoms. The maximum atomic E-state index is 13.6. The molecular weight excluding hydrogens is 287 g/mol. The number of methoxy groups -OCH3 is 1. The fourth-order valence-corrected chi connectivity index (χ4v) is 3.15. The topological polar surface area (TPSA) is 34.2 Å². The molecule has 2 rings (SSSR count). The van der Waals surface area contributed by atoms with Crippen molar-refractivity contribution in [1.82, 2.24) is 10.3 Å². The van der Waals surface area contributed by atoms with Crippen molar-refractivity contribution >= 4 is 11.3 Å². The normalized spacial score (nSPS) is 11.0. The molecule has 0 saturated carbocycles. The maximum absolute atomic E-state index is 13.6. The minimum atomic E-state index is -0.223. The summed E-state index contributed by atoms with van der Waals surface area (Å²) in [6, 6.07) is 5.02. The number of nitrogens with one attached hydrogen (secondary N) is 1. The highest BCUT2D eigenvalue weighted by Gasteiger charge is 2.13. The minimum Gasteiger partial charge on any atom is -0.378 e. The van der Waals surface area contributed by atoms with Gasteiger partial charge >= 0.3 is 0 Å². The van der Waals surface area contributed by atoms with E-state index < -0.39 is 0 Å². The SMILES string of the molecule is CCCNCc1sc(-c2cc(C)cc(F)c2)nc1COC. The number of halogens is 1. The lowest BCUT2D eigenvalue weighted by atomic mass is 10.1. The summed E-state index contributed by atoms with van der Waals surface area (Å²) in [5.74, 6) is -0.223. The second-order valence-corrected chi connectivity index (χ2v) is 6.10. The highest BCUT2D eigenvalue weighted by molar-refractivity contribution is 7.15. The van der Waals surface area contributed by atoms with Gasteiger partial charge in [-0.05, 0) is 43.7 Å². The van der Waals surface area contributed by atoms with E-state index in [9.17, 15) is 4.39 Å². The Morgan fingerprint density at radius 3 is 2.81 bits per heavy atom. The van der Waals surface area contributed by atoms with Crippen LogP contribution in [0.5, 0.6) is 0 Å². The number of benzene rings is 1. The van der Waals surface area contributed by atoms with Gasteiger partial charge in [-0.1, -0.05) is 6.92 Å². The van der Waals surface area contributed by atoms with Gasteiger partial charge in [0.1, 0.15) is 10.8 Å². The van der Waals surface area contributed by atoms with Gasteiger partial charge in [-0.25, -0.2) is 9.37 Å². The van der Waals surface area contributed by atoms with E-state index >= 15 is 0 Å². The van der Waals surface area contributed by atoms with Gasteiger partial charge in [0.05, 0.1) is 12.3 Å². The van der Waals surface area contributed by atoms with E-state index in [1.807, 2.05) is 13.0 Å². The zero-order valence-corrected chi connectivity index (χ0v) is 13.5. The zero-order chi connectivity index (χ0) is 15.2. The summed E-state index contributed by atoms with van der Waals surface area (Å²) in [5.41, 5.74) is 2.67. The molecule has 0 aliphatic carbocycles. The fourth-order valence-electron chi connectivity index (χ4n) is 2.13. The molecule has 2 aromatic rings. The molecule has 1 N–H and O–H groups in total. The average molecular weight is 308 g/mol. The Morgan fingerprint density at radius 2 is 2.14 bits per heavy atom. The first-order valence-corrected chi connectivity index (χ1v) is 7.91. The van der Waals surface area contributed by atoms with E-state index in [-0.39, 0.29) is 5.82 Å². The highest BCUT2D eigenvalue weighted by atomic mass is 32.1. The van der Waals surface area contributed by atoms with Gasteiger partial charge < -0.3 is 10.1 Å². The van der Waals surface area contributed by atoms with Gasteiger partial charge in [0.2, 0.25) is 0 Å². The molecule has 0 aliphatic heterocycles. The summed E-state index contributed by atoms with van der Waals surface area (Å²) in [6.45, 7) is 6.25. The van der Waals surface area contributed by atoms with Crippen molar-refractivity contribution in [2.24, 2.45) is 0 Å². The number of nitrogens with zero attached hydrogens (tertiary/aromatic N) is 1. The Balaban J connectivity index is 2.29. The van der Waals surface area contributed by atoms with E-state index in [0.29, 0.717) is 6.61 Å². The predicted molar refractivity (Wildman–Crippen MR) is 85.0 cm³/mol. The number of hydrogen-bond acceptors (Lipinski definition) is 4. The summed E-state index contributed by atoms with van der Waals surface area (Å²) in [4.78, 5) is 5.77. The van der Waals surface area contributed by atoms with E-state index in [2.05, 4.69) is 17.2 Å². The predicted octanol–water partition coefficient (Wildman–Crippen LogP) is 3.90. The third-order valence-corrected chi connectivity index (χ3v) is 4.21. The van der Waals surface area contributed by atoms with Crippen molar-refractivity contribution in [3.63, 3.8) is 0 Å². The van der Waals surface area contributed by atoms with Crippen molar-refractivity contribution in [2.75, 3.05) is 13.7 Å². The van der Waals surface area contributed by atoms with Crippen molar-refractivity contribution in [3.8, 4) is 10.6 Å². The van der Waals surface area contributed by atoms with Crippen LogP contribution in [0.4, 0.5) is 4.39 Å². The Hall–Kier alpha value is -1.30.